The minimum Gasteiger partial charge on any atom is -0.376 e. The molecule has 0 aromatic heterocycles. The van der Waals surface area contributed by atoms with Crippen molar-refractivity contribution in [2.75, 3.05) is 5.32 Å². The van der Waals surface area contributed by atoms with E-state index < -0.39 is 0 Å². The number of halogens is 1. The molecule has 3 aromatic carbocycles. The lowest BCUT2D eigenvalue weighted by Crippen LogP contribution is -2.08. The Labute approximate surface area is 124 Å². The molecule has 2 heteroatoms. The Kier molecular flexibility index (Phi) is 3.61. The van der Waals surface area contributed by atoms with E-state index in [1.165, 1.54) is 16.3 Å². The number of hydrogen-bond acceptors (Lipinski definition) is 1. The third-order valence-corrected chi connectivity index (χ3v) is 3.79. The zero-order valence-corrected chi connectivity index (χ0v) is 12.2. The molecule has 0 aliphatic heterocycles. The van der Waals surface area contributed by atoms with Gasteiger partial charge in [0.05, 0.1) is 5.69 Å². The molecule has 0 spiro atoms. The van der Waals surface area contributed by atoms with E-state index in [1.807, 2.05) is 31.2 Å². The number of anilines is 1. The molecule has 0 saturated heterocycles. The number of hydrogen-bond donors (Lipinski definition) is 1. The fraction of sp³-hybridized carbons (Fsp3) is 0.158. The largest absolute Gasteiger partial charge is 0.376 e. The van der Waals surface area contributed by atoms with Crippen LogP contribution in [0, 0.1) is 12.7 Å². The summed E-state index contributed by atoms with van der Waals surface area (Å²) in [6.45, 7) is 3.95. The zero-order valence-electron chi connectivity index (χ0n) is 12.2. The lowest BCUT2D eigenvalue weighted by Gasteiger charge is -2.18. The highest BCUT2D eigenvalue weighted by Gasteiger charge is 2.11. The van der Waals surface area contributed by atoms with Crippen LogP contribution in [0.15, 0.2) is 60.7 Å². The van der Waals surface area contributed by atoms with Crippen LogP contribution in [-0.2, 0) is 0 Å². The van der Waals surface area contributed by atoms with Gasteiger partial charge in [-0.3, -0.25) is 0 Å². The molecule has 1 N–H and O–H groups in total. The van der Waals surface area contributed by atoms with Gasteiger partial charge in [-0.05, 0) is 47.9 Å². The van der Waals surface area contributed by atoms with Crippen molar-refractivity contribution in [3.8, 4) is 0 Å². The molecule has 21 heavy (non-hydrogen) atoms. The van der Waals surface area contributed by atoms with Crippen molar-refractivity contribution in [3.63, 3.8) is 0 Å². The van der Waals surface area contributed by atoms with Crippen LogP contribution in [0.3, 0.4) is 0 Å². The molecule has 0 aliphatic rings. The number of aryl methyl sites for hydroxylation is 1. The fourth-order valence-corrected chi connectivity index (χ4v) is 2.68. The van der Waals surface area contributed by atoms with E-state index in [1.54, 1.807) is 12.1 Å². The lowest BCUT2D eigenvalue weighted by atomic mass is 9.99. The van der Waals surface area contributed by atoms with Crippen molar-refractivity contribution in [3.05, 3.63) is 77.6 Å². The van der Waals surface area contributed by atoms with Crippen LogP contribution in [-0.4, -0.2) is 0 Å². The van der Waals surface area contributed by atoms with E-state index in [4.69, 9.17) is 0 Å². The quantitative estimate of drug-likeness (QED) is 0.671. The fourth-order valence-electron chi connectivity index (χ4n) is 2.68. The summed E-state index contributed by atoms with van der Waals surface area (Å²) in [5.74, 6) is -0.206. The molecule has 0 bridgehead atoms. The number of nitrogens with one attached hydrogen (secondary N) is 1. The SMILES string of the molecule is Cc1ccc(NC(C)c2cccc3ccccc23)c(F)c1. The molecule has 3 aromatic rings. The Morgan fingerprint density at radius 1 is 0.952 bits per heavy atom. The van der Waals surface area contributed by atoms with Crippen LogP contribution in [0.4, 0.5) is 10.1 Å². The molecule has 0 aliphatic carbocycles. The van der Waals surface area contributed by atoms with Crippen molar-refractivity contribution >= 4 is 16.5 Å². The van der Waals surface area contributed by atoms with Gasteiger partial charge in [-0.25, -0.2) is 4.39 Å². The summed E-state index contributed by atoms with van der Waals surface area (Å²) in [6.07, 6.45) is 0. The summed E-state index contributed by atoms with van der Waals surface area (Å²) in [5.41, 5.74) is 2.64. The summed E-state index contributed by atoms with van der Waals surface area (Å²) in [7, 11) is 0. The van der Waals surface area contributed by atoms with E-state index in [2.05, 4.69) is 36.5 Å². The number of benzene rings is 3. The van der Waals surface area contributed by atoms with Gasteiger partial charge in [0.2, 0.25) is 0 Å². The van der Waals surface area contributed by atoms with Gasteiger partial charge in [-0.15, -0.1) is 0 Å². The molecule has 0 amide bonds. The standard InChI is InChI=1S/C19H18FN/c1-13-10-11-19(18(20)12-13)21-14(2)16-9-5-7-15-6-3-4-8-17(15)16/h3-12,14,21H,1-2H3. The maximum atomic E-state index is 14.0. The van der Waals surface area contributed by atoms with E-state index in [0.29, 0.717) is 5.69 Å². The Morgan fingerprint density at radius 3 is 2.52 bits per heavy atom. The van der Waals surface area contributed by atoms with Crippen molar-refractivity contribution in [1.82, 2.24) is 0 Å². The van der Waals surface area contributed by atoms with Gasteiger partial charge >= 0.3 is 0 Å². The predicted molar refractivity (Wildman–Crippen MR) is 87.1 cm³/mol. The van der Waals surface area contributed by atoms with Crippen molar-refractivity contribution in [2.24, 2.45) is 0 Å². The Hall–Kier alpha value is -2.35. The Balaban J connectivity index is 1.95. The zero-order chi connectivity index (χ0) is 14.8. The third-order valence-electron chi connectivity index (χ3n) is 3.79. The number of rotatable bonds is 3. The first kappa shape index (κ1) is 13.6. The average Bonchev–Trinajstić information content (AvgIpc) is 2.49. The van der Waals surface area contributed by atoms with Gasteiger partial charge in [0.1, 0.15) is 5.82 Å². The lowest BCUT2D eigenvalue weighted by molar-refractivity contribution is 0.626. The third kappa shape index (κ3) is 2.75. The van der Waals surface area contributed by atoms with Gasteiger partial charge in [0.25, 0.3) is 0 Å². The molecule has 0 saturated carbocycles. The predicted octanol–water partition coefficient (Wildman–Crippen LogP) is 5.46. The van der Waals surface area contributed by atoms with E-state index in [0.717, 1.165) is 5.56 Å². The highest BCUT2D eigenvalue weighted by atomic mass is 19.1. The van der Waals surface area contributed by atoms with Crippen LogP contribution in [0.25, 0.3) is 10.8 Å². The number of fused-ring (bicyclic) bond motifs is 1. The van der Waals surface area contributed by atoms with Crippen molar-refractivity contribution < 1.29 is 4.39 Å². The molecule has 0 heterocycles. The van der Waals surface area contributed by atoms with Crippen LogP contribution in [0.2, 0.25) is 0 Å². The summed E-state index contributed by atoms with van der Waals surface area (Å²) < 4.78 is 14.0. The molecule has 3 rings (SSSR count). The summed E-state index contributed by atoms with van der Waals surface area (Å²) in [5, 5.41) is 5.67. The normalized spacial score (nSPS) is 12.3. The smallest absolute Gasteiger partial charge is 0.146 e. The molecule has 106 valence electrons. The minimum atomic E-state index is -0.206. The van der Waals surface area contributed by atoms with Gasteiger partial charge < -0.3 is 5.32 Å². The van der Waals surface area contributed by atoms with Gasteiger partial charge in [0, 0.05) is 6.04 Å². The van der Waals surface area contributed by atoms with Crippen LogP contribution in [0.5, 0.6) is 0 Å². The molecular formula is C19H18FN. The average molecular weight is 279 g/mol. The van der Waals surface area contributed by atoms with E-state index >= 15 is 0 Å². The van der Waals surface area contributed by atoms with Crippen LogP contribution >= 0.6 is 0 Å². The van der Waals surface area contributed by atoms with Gasteiger partial charge in [-0.1, -0.05) is 48.5 Å². The minimum absolute atomic E-state index is 0.0355. The van der Waals surface area contributed by atoms with E-state index in [9.17, 15) is 4.39 Å². The Morgan fingerprint density at radius 2 is 1.71 bits per heavy atom. The molecule has 1 nitrogen and oxygen atoms in total. The summed E-state index contributed by atoms with van der Waals surface area (Å²) in [4.78, 5) is 0. The first-order valence-electron chi connectivity index (χ1n) is 7.15. The van der Waals surface area contributed by atoms with Crippen LogP contribution in [0.1, 0.15) is 24.1 Å². The molecule has 0 fully saturated rings. The molecular weight excluding hydrogens is 261 g/mol. The van der Waals surface area contributed by atoms with Gasteiger partial charge in [0.15, 0.2) is 0 Å². The molecule has 0 radical (unpaired) electrons. The second kappa shape index (κ2) is 5.57. The Bertz CT molecular complexity index is 774. The molecule has 1 atom stereocenters. The highest BCUT2D eigenvalue weighted by Crippen LogP contribution is 2.27. The second-order valence-corrected chi connectivity index (χ2v) is 5.42. The van der Waals surface area contributed by atoms with Crippen molar-refractivity contribution in [2.45, 2.75) is 19.9 Å². The monoisotopic (exact) mass is 279 g/mol. The topological polar surface area (TPSA) is 12.0 Å². The van der Waals surface area contributed by atoms with Gasteiger partial charge in [-0.2, -0.15) is 0 Å². The van der Waals surface area contributed by atoms with Crippen molar-refractivity contribution in [1.29, 1.82) is 0 Å². The molecule has 1 unspecified atom stereocenters. The second-order valence-electron chi connectivity index (χ2n) is 5.42. The summed E-state index contributed by atoms with van der Waals surface area (Å²) in [6, 6.07) is 19.8. The van der Waals surface area contributed by atoms with Crippen LogP contribution < -0.4 is 5.32 Å². The summed E-state index contributed by atoms with van der Waals surface area (Å²) >= 11 is 0. The highest BCUT2D eigenvalue weighted by molar-refractivity contribution is 5.86. The maximum absolute atomic E-state index is 14.0. The first-order valence-corrected chi connectivity index (χ1v) is 7.15. The maximum Gasteiger partial charge on any atom is 0.146 e. The first-order chi connectivity index (χ1) is 10.1. The van der Waals surface area contributed by atoms with E-state index in [-0.39, 0.29) is 11.9 Å².